The standard InChI is InChI=1S/C24H13ClF3N3O2/c25-16-9-11-17(12-10-16)31-13-20(18-3-1-2-4-19(18)23(31)32)22-29-21(30-33-22)14-5-7-15(8-6-14)24(26,27)28/h1-13H. The second-order valence-corrected chi connectivity index (χ2v) is 7.67. The molecule has 0 saturated carbocycles. The van der Waals surface area contributed by atoms with Gasteiger partial charge in [0.25, 0.3) is 11.4 Å². The largest absolute Gasteiger partial charge is 0.416 e. The van der Waals surface area contributed by atoms with Crippen LogP contribution in [0.3, 0.4) is 0 Å². The number of alkyl halides is 3. The number of aromatic nitrogens is 3. The van der Waals surface area contributed by atoms with Crippen molar-refractivity contribution in [3.63, 3.8) is 0 Å². The van der Waals surface area contributed by atoms with Gasteiger partial charge in [-0.25, -0.2) is 0 Å². The van der Waals surface area contributed by atoms with E-state index in [-0.39, 0.29) is 17.3 Å². The number of hydrogen-bond donors (Lipinski definition) is 0. The molecule has 0 saturated heterocycles. The molecule has 0 aliphatic heterocycles. The lowest BCUT2D eigenvalue weighted by atomic mass is 10.1. The maximum absolute atomic E-state index is 13.1. The van der Waals surface area contributed by atoms with Gasteiger partial charge in [0.05, 0.1) is 11.1 Å². The molecule has 2 heterocycles. The highest BCUT2D eigenvalue weighted by atomic mass is 35.5. The van der Waals surface area contributed by atoms with Crippen LogP contribution in [0.4, 0.5) is 13.2 Å². The first-order valence-electron chi connectivity index (χ1n) is 9.73. The van der Waals surface area contributed by atoms with Crippen molar-refractivity contribution in [2.45, 2.75) is 6.18 Å². The monoisotopic (exact) mass is 467 g/mol. The smallest absolute Gasteiger partial charge is 0.334 e. The minimum absolute atomic E-state index is 0.129. The van der Waals surface area contributed by atoms with Crippen molar-refractivity contribution >= 4 is 22.4 Å². The molecule has 5 nitrogen and oxygen atoms in total. The zero-order valence-electron chi connectivity index (χ0n) is 16.7. The molecule has 0 aliphatic rings. The van der Waals surface area contributed by atoms with Gasteiger partial charge < -0.3 is 4.52 Å². The van der Waals surface area contributed by atoms with E-state index < -0.39 is 11.7 Å². The van der Waals surface area contributed by atoms with Gasteiger partial charge >= 0.3 is 6.18 Å². The second-order valence-electron chi connectivity index (χ2n) is 7.24. The fourth-order valence-electron chi connectivity index (χ4n) is 3.51. The average molecular weight is 468 g/mol. The van der Waals surface area contributed by atoms with Gasteiger partial charge in [0.15, 0.2) is 0 Å². The molecule has 0 spiro atoms. The molecule has 9 heteroatoms. The fraction of sp³-hybridized carbons (Fsp3) is 0.0417. The van der Waals surface area contributed by atoms with Crippen LogP contribution in [-0.4, -0.2) is 14.7 Å². The summed E-state index contributed by atoms with van der Waals surface area (Å²) in [4.78, 5) is 17.5. The Morgan fingerprint density at radius 2 is 1.55 bits per heavy atom. The van der Waals surface area contributed by atoms with Crippen LogP contribution in [0.5, 0.6) is 0 Å². The number of nitrogens with zero attached hydrogens (tertiary/aromatic N) is 3. The highest BCUT2D eigenvalue weighted by molar-refractivity contribution is 6.30. The van der Waals surface area contributed by atoms with Crippen molar-refractivity contribution in [2.24, 2.45) is 0 Å². The summed E-state index contributed by atoms with van der Waals surface area (Å²) < 4.78 is 45.4. The lowest BCUT2D eigenvalue weighted by molar-refractivity contribution is -0.137. The molecule has 164 valence electrons. The van der Waals surface area contributed by atoms with Crippen LogP contribution < -0.4 is 5.56 Å². The predicted octanol–water partition coefficient (Wildman–Crippen LogP) is 6.38. The molecule has 3 aromatic carbocycles. The Kier molecular flexibility index (Phi) is 5.02. The van der Waals surface area contributed by atoms with Gasteiger partial charge in [-0.15, -0.1) is 0 Å². The Labute approximate surface area is 189 Å². The lowest BCUT2D eigenvalue weighted by Crippen LogP contribution is -2.18. The summed E-state index contributed by atoms with van der Waals surface area (Å²) >= 11 is 5.97. The summed E-state index contributed by atoms with van der Waals surface area (Å²) in [5.74, 6) is 0.260. The van der Waals surface area contributed by atoms with Crippen LogP contribution in [0.25, 0.3) is 39.3 Å². The minimum Gasteiger partial charge on any atom is -0.334 e. The Hall–Kier alpha value is -3.91. The van der Waals surface area contributed by atoms with Gasteiger partial charge in [-0.3, -0.25) is 9.36 Å². The quantitative estimate of drug-likeness (QED) is 0.309. The third-order valence-corrected chi connectivity index (χ3v) is 5.41. The number of fused-ring (bicyclic) bond motifs is 1. The Bertz CT molecular complexity index is 1520. The summed E-state index contributed by atoms with van der Waals surface area (Å²) in [5, 5.41) is 5.51. The van der Waals surface area contributed by atoms with Gasteiger partial charge in [0.1, 0.15) is 0 Å². The van der Waals surface area contributed by atoms with Gasteiger partial charge in [0, 0.05) is 33.2 Å². The predicted molar refractivity (Wildman–Crippen MR) is 118 cm³/mol. The molecule has 0 fully saturated rings. The van der Waals surface area contributed by atoms with E-state index >= 15 is 0 Å². The molecule has 5 rings (SSSR count). The van der Waals surface area contributed by atoms with E-state index in [0.717, 1.165) is 12.1 Å². The molecule has 0 amide bonds. The van der Waals surface area contributed by atoms with Crippen LogP contribution in [0.15, 0.2) is 88.3 Å². The normalized spacial score (nSPS) is 11.8. The van der Waals surface area contributed by atoms with Crippen LogP contribution >= 0.6 is 11.6 Å². The summed E-state index contributed by atoms with van der Waals surface area (Å²) in [7, 11) is 0. The zero-order valence-corrected chi connectivity index (χ0v) is 17.4. The topological polar surface area (TPSA) is 60.9 Å². The van der Waals surface area contributed by atoms with E-state index in [1.54, 1.807) is 54.7 Å². The van der Waals surface area contributed by atoms with Crippen molar-refractivity contribution in [2.75, 3.05) is 0 Å². The van der Waals surface area contributed by atoms with Gasteiger partial charge in [0.2, 0.25) is 5.82 Å². The molecular formula is C24H13ClF3N3O2. The molecule has 0 N–H and O–H groups in total. The van der Waals surface area contributed by atoms with E-state index in [1.165, 1.54) is 16.7 Å². The molecular weight excluding hydrogens is 455 g/mol. The van der Waals surface area contributed by atoms with Gasteiger partial charge in [-0.1, -0.05) is 47.1 Å². The Balaban J connectivity index is 1.63. The summed E-state index contributed by atoms with van der Waals surface area (Å²) in [6.07, 6.45) is -2.84. The minimum atomic E-state index is -4.44. The average Bonchev–Trinajstić information content (AvgIpc) is 3.30. The van der Waals surface area contributed by atoms with Crippen molar-refractivity contribution in [3.05, 3.63) is 99.9 Å². The van der Waals surface area contributed by atoms with Crippen LogP contribution in [-0.2, 0) is 6.18 Å². The maximum Gasteiger partial charge on any atom is 0.416 e. The first kappa shape index (κ1) is 21.0. The Morgan fingerprint density at radius 3 is 2.21 bits per heavy atom. The molecule has 0 aliphatic carbocycles. The van der Waals surface area contributed by atoms with Crippen LogP contribution in [0.1, 0.15) is 5.56 Å². The highest BCUT2D eigenvalue weighted by Crippen LogP contribution is 2.32. The van der Waals surface area contributed by atoms with Crippen molar-refractivity contribution in [3.8, 4) is 28.5 Å². The number of halogens is 4. The number of benzene rings is 3. The van der Waals surface area contributed by atoms with Crippen LogP contribution in [0, 0.1) is 0 Å². The third-order valence-electron chi connectivity index (χ3n) is 5.16. The summed E-state index contributed by atoms with van der Waals surface area (Å²) in [5.41, 5.74) is 0.466. The van der Waals surface area contributed by atoms with Crippen molar-refractivity contribution < 1.29 is 17.7 Å². The third kappa shape index (κ3) is 3.89. The van der Waals surface area contributed by atoms with Gasteiger partial charge in [-0.2, -0.15) is 18.2 Å². The summed E-state index contributed by atoms with van der Waals surface area (Å²) in [6.45, 7) is 0. The van der Waals surface area contributed by atoms with Crippen molar-refractivity contribution in [1.29, 1.82) is 0 Å². The Morgan fingerprint density at radius 1 is 0.879 bits per heavy atom. The lowest BCUT2D eigenvalue weighted by Gasteiger charge is -2.10. The van der Waals surface area contributed by atoms with E-state index in [2.05, 4.69) is 10.1 Å². The molecule has 0 unspecified atom stereocenters. The molecule has 0 bridgehead atoms. The number of rotatable bonds is 3. The van der Waals surface area contributed by atoms with E-state index in [4.69, 9.17) is 16.1 Å². The SMILES string of the molecule is O=c1c2ccccc2c(-c2nc(-c3ccc(C(F)(F)F)cc3)no2)cn1-c1ccc(Cl)cc1. The van der Waals surface area contributed by atoms with Gasteiger partial charge in [-0.05, 0) is 42.5 Å². The van der Waals surface area contributed by atoms with Crippen molar-refractivity contribution in [1.82, 2.24) is 14.7 Å². The molecule has 5 aromatic rings. The molecule has 33 heavy (non-hydrogen) atoms. The maximum atomic E-state index is 13.1. The molecule has 0 radical (unpaired) electrons. The van der Waals surface area contributed by atoms with Crippen LogP contribution in [0.2, 0.25) is 5.02 Å². The first-order chi connectivity index (χ1) is 15.8. The fourth-order valence-corrected chi connectivity index (χ4v) is 3.64. The molecule has 2 aromatic heterocycles. The number of pyridine rings is 1. The number of hydrogen-bond acceptors (Lipinski definition) is 4. The van der Waals surface area contributed by atoms with E-state index in [0.29, 0.717) is 32.6 Å². The summed E-state index contributed by atoms with van der Waals surface area (Å²) in [6, 6.07) is 18.2. The highest BCUT2D eigenvalue weighted by Gasteiger charge is 2.30. The second kappa shape index (κ2) is 7.90. The zero-order chi connectivity index (χ0) is 23.2. The first-order valence-corrected chi connectivity index (χ1v) is 10.1. The van der Waals surface area contributed by atoms with E-state index in [9.17, 15) is 18.0 Å². The van der Waals surface area contributed by atoms with E-state index in [1.807, 2.05) is 0 Å². The molecule has 0 atom stereocenters.